The molecule has 0 aliphatic heterocycles. The van der Waals surface area contributed by atoms with Gasteiger partial charge >= 0.3 is 6.61 Å². The van der Waals surface area contributed by atoms with Gasteiger partial charge in [0.25, 0.3) is 5.69 Å². The Morgan fingerprint density at radius 3 is 2.55 bits per heavy atom. The monoisotopic (exact) mass is 407 g/mol. The zero-order chi connectivity index (χ0) is 21.4. The van der Waals surface area contributed by atoms with Crippen molar-refractivity contribution < 1.29 is 23.2 Å². The summed E-state index contributed by atoms with van der Waals surface area (Å²) in [5.74, 6) is -0.0908. The maximum atomic E-state index is 12.2. The van der Waals surface area contributed by atoms with E-state index >= 15 is 0 Å². The van der Waals surface area contributed by atoms with Crippen LogP contribution in [-0.2, 0) is 11.2 Å². The van der Waals surface area contributed by atoms with E-state index in [1.807, 2.05) is 6.92 Å². The summed E-state index contributed by atoms with van der Waals surface area (Å²) in [4.78, 5) is 24.4. The van der Waals surface area contributed by atoms with Crippen LogP contribution in [0.15, 0.2) is 48.5 Å². The fourth-order valence-electron chi connectivity index (χ4n) is 2.76. The smallest absolute Gasteiger partial charge is 0.387 e. The highest BCUT2D eigenvalue weighted by Gasteiger charge is 2.17. The molecule has 9 heteroatoms. The van der Waals surface area contributed by atoms with Gasteiger partial charge in [-0.3, -0.25) is 19.8 Å². The van der Waals surface area contributed by atoms with Crippen LogP contribution in [0.1, 0.15) is 24.1 Å². The van der Waals surface area contributed by atoms with E-state index in [-0.39, 0.29) is 29.9 Å². The van der Waals surface area contributed by atoms with E-state index in [0.29, 0.717) is 13.0 Å². The molecule has 156 valence electrons. The molecule has 0 heterocycles. The molecule has 0 spiro atoms. The Morgan fingerprint density at radius 1 is 1.24 bits per heavy atom. The lowest BCUT2D eigenvalue weighted by Crippen LogP contribution is -2.37. The van der Waals surface area contributed by atoms with Crippen molar-refractivity contribution in [2.45, 2.75) is 26.0 Å². The molecule has 7 nitrogen and oxygen atoms in total. The number of nitro benzene ring substituents is 1. The predicted octanol–water partition coefficient (Wildman–Crippen LogP) is 3.55. The highest BCUT2D eigenvalue weighted by atomic mass is 19.3. The van der Waals surface area contributed by atoms with Gasteiger partial charge in [-0.25, -0.2) is 0 Å². The van der Waals surface area contributed by atoms with Gasteiger partial charge in [0.2, 0.25) is 5.91 Å². The summed E-state index contributed by atoms with van der Waals surface area (Å²) < 4.78 is 28.6. The lowest BCUT2D eigenvalue weighted by Gasteiger charge is -2.24. The van der Waals surface area contributed by atoms with Crippen molar-refractivity contribution in [2.24, 2.45) is 0 Å². The fraction of sp³-hybridized carbons (Fsp3) is 0.350. The normalized spacial score (nSPS) is 12.1. The first-order chi connectivity index (χ1) is 13.8. The van der Waals surface area contributed by atoms with Crippen LogP contribution in [0.3, 0.4) is 0 Å². The maximum absolute atomic E-state index is 12.2. The van der Waals surface area contributed by atoms with E-state index in [1.165, 1.54) is 24.3 Å². The molecule has 1 N–H and O–H groups in total. The number of amides is 1. The van der Waals surface area contributed by atoms with Crippen LogP contribution in [-0.4, -0.2) is 42.5 Å². The van der Waals surface area contributed by atoms with Crippen LogP contribution in [0.5, 0.6) is 5.75 Å². The van der Waals surface area contributed by atoms with Gasteiger partial charge in [-0.05, 0) is 43.7 Å². The standard InChI is InChI=1S/C20H23F2N3O4/c1-14(16-4-3-5-17(12-16)25(27)28)24(2)13-19(26)23-11-10-15-6-8-18(9-7-15)29-20(21)22/h3-9,12,14,20H,10-11,13H2,1-2H3,(H,23,26). The minimum atomic E-state index is -2.86. The minimum absolute atomic E-state index is 0.0113. The number of ether oxygens (including phenoxy) is 1. The summed E-state index contributed by atoms with van der Waals surface area (Å²) >= 11 is 0. The zero-order valence-electron chi connectivity index (χ0n) is 16.2. The van der Waals surface area contributed by atoms with Crippen molar-refractivity contribution in [1.29, 1.82) is 0 Å². The Labute approximate surface area is 167 Å². The molecule has 0 aliphatic rings. The number of hydrogen-bond acceptors (Lipinski definition) is 5. The lowest BCUT2D eigenvalue weighted by molar-refractivity contribution is -0.384. The highest BCUT2D eigenvalue weighted by Crippen LogP contribution is 2.22. The number of alkyl halides is 2. The molecule has 0 aromatic heterocycles. The SMILES string of the molecule is CC(c1cccc([N+](=O)[O-])c1)N(C)CC(=O)NCCc1ccc(OC(F)F)cc1. The van der Waals surface area contributed by atoms with Gasteiger partial charge in [-0.2, -0.15) is 8.78 Å². The zero-order valence-corrected chi connectivity index (χ0v) is 16.2. The molecule has 1 amide bonds. The number of likely N-dealkylation sites (N-methyl/N-ethyl adjacent to an activating group) is 1. The van der Waals surface area contributed by atoms with Gasteiger partial charge in [-0.1, -0.05) is 24.3 Å². The molecule has 0 radical (unpaired) electrons. The van der Waals surface area contributed by atoms with Crippen LogP contribution in [0.4, 0.5) is 14.5 Å². The van der Waals surface area contributed by atoms with E-state index < -0.39 is 11.5 Å². The van der Waals surface area contributed by atoms with Crippen molar-refractivity contribution in [3.05, 3.63) is 69.8 Å². The first kappa shape index (κ1) is 22.2. The molecule has 0 aliphatic carbocycles. The summed E-state index contributed by atoms with van der Waals surface area (Å²) in [5.41, 5.74) is 1.64. The summed E-state index contributed by atoms with van der Waals surface area (Å²) in [6.45, 7) is -0.464. The Kier molecular flexibility index (Phi) is 8.02. The number of non-ortho nitro benzene ring substituents is 1. The molecule has 2 rings (SSSR count). The van der Waals surface area contributed by atoms with Gasteiger partial charge in [0.15, 0.2) is 0 Å². The van der Waals surface area contributed by atoms with Crippen LogP contribution < -0.4 is 10.1 Å². The van der Waals surface area contributed by atoms with E-state index in [4.69, 9.17) is 0 Å². The summed E-state index contributed by atoms with van der Waals surface area (Å²) in [5, 5.41) is 13.7. The largest absolute Gasteiger partial charge is 0.435 e. The number of benzene rings is 2. The van der Waals surface area contributed by atoms with Crippen molar-refractivity contribution in [2.75, 3.05) is 20.1 Å². The average Bonchev–Trinajstić information content (AvgIpc) is 2.68. The number of nitrogens with one attached hydrogen (secondary N) is 1. The van der Waals surface area contributed by atoms with Crippen LogP contribution >= 0.6 is 0 Å². The van der Waals surface area contributed by atoms with Gasteiger partial charge in [0.1, 0.15) is 5.75 Å². The highest BCUT2D eigenvalue weighted by molar-refractivity contribution is 5.78. The minimum Gasteiger partial charge on any atom is -0.435 e. The van der Waals surface area contributed by atoms with E-state index in [0.717, 1.165) is 11.1 Å². The van der Waals surface area contributed by atoms with Gasteiger partial charge in [0, 0.05) is 24.7 Å². The molecule has 0 saturated carbocycles. The maximum Gasteiger partial charge on any atom is 0.387 e. The third-order valence-corrected chi connectivity index (χ3v) is 4.50. The van der Waals surface area contributed by atoms with Crippen molar-refractivity contribution >= 4 is 11.6 Å². The van der Waals surface area contributed by atoms with E-state index in [9.17, 15) is 23.7 Å². The Hall–Kier alpha value is -3.07. The average molecular weight is 407 g/mol. The Balaban J connectivity index is 1.79. The number of nitro groups is 1. The van der Waals surface area contributed by atoms with E-state index in [1.54, 1.807) is 36.2 Å². The number of nitrogens with zero attached hydrogens (tertiary/aromatic N) is 2. The first-order valence-electron chi connectivity index (χ1n) is 9.01. The Bertz CT molecular complexity index is 831. The van der Waals surface area contributed by atoms with Gasteiger partial charge in [0.05, 0.1) is 11.5 Å². The number of hydrogen-bond donors (Lipinski definition) is 1. The molecular formula is C20H23F2N3O4. The molecule has 0 bridgehead atoms. The van der Waals surface area contributed by atoms with Gasteiger partial charge in [-0.15, -0.1) is 0 Å². The summed E-state index contributed by atoms with van der Waals surface area (Å²) in [6, 6.07) is 12.4. The van der Waals surface area contributed by atoms with E-state index in [2.05, 4.69) is 10.1 Å². The first-order valence-corrected chi connectivity index (χ1v) is 9.01. The van der Waals surface area contributed by atoms with Gasteiger partial charge < -0.3 is 10.1 Å². The molecule has 1 unspecified atom stereocenters. The van der Waals surface area contributed by atoms with Crippen LogP contribution in [0.2, 0.25) is 0 Å². The number of halogens is 2. The number of rotatable bonds is 10. The second-order valence-corrected chi connectivity index (χ2v) is 6.57. The lowest BCUT2D eigenvalue weighted by atomic mass is 10.1. The molecule has 29 heavy (non-hydrogen) atoms. The van der Waals surface area contributed by atoms with Crippen molar-refractivity contribution in [3.8, 4) is 5.75 Å². The second kappa shape index (κ2) is 10.5. The molecule has 0 fully saturated rings. The van der Waals surface area contributed by atoms with Crippen molar-refractivity contribution in [1.82, 2.24) is 10.2 Å². The van der Waals surface area contributed by atoms with Crippen molar-refractivity contribution in [3.63, 3.8) is 0 Å². The quantitative estimate of drug-likeness (QED) is 0.481. The number of carbonyl (C=O) groups excluding carboxylic acids is 1. The topological polar surface area (TPSA) is 84.7 Å². The Morgan fingerprint density at radius 2 is 1.93 bits per heavy atom. The number of carbonyl (C=O) groups is 1. The summed E-state index contributed by atoms with van der Waals surface area (Å²) in [6.07, 6.45) is 0.546. The molecule has 2 aromatic rings. The molecule has 1 atom stereocenters. The van der Waals surface area contributed by atoms with Crippen LogP contribution in [0.25, 0.3) is 0 Å². The molecular weight excluding hydrogens is 384 g/mol. The third kappa shape index (κ3) is 7.11. The fourth-order valence-corrected chi connectivity index (χ4v) is 2.76. The third-order valence-electron chi connectivity index (χ3n) is 4.50. The predicted molar refractivity (Wildman–Crippen MR) is 104 cm³/mol. The molecule has 2 aromatic carbocycles. The molecule has 0 saturated heterocycles. The van der Waals surface area contributed by atoms with Crippen LogP contribution in [0, 0.1) is 10.1 Å². The summed E-state index contributed by atoms with van der Waals surface area (Å²) in [7, 11) is 1.77. The second-order valence-electron chi connectivity index (χ2n) is 6.57.